The normalized spacial score (nSPS) is 17.0. The summed E-state index contributed by atoms with van der Waals surface area (Å²) in [5.74, 6) is -1.55. The molecule has 0 aliphatic carbocycles. The van der Waals surface area contributed by atoms with Gasteiger partial charge in [-0.15, -0.1) is 0 Å². The Morgan fingerprint density at radius 3 is 1.52 bits per heavy atom. The van der Waals surface area contributed by atoms with Gasteiger partial charge in [0.25, 0.3) is 17.7 Å². The zero-order valence-corrected chi connectivity index (χ0v) is 24.2. The average Bonchev–Trinajstić information content (AvgIpc) is 3.42. The number of rotatable bonds is 9. The maximum absolute atomic E-state index is 13.4. The molecule has 210 valence electrons. The Hall–Kier alpha value is -4.07. The predicted molar refractivity (Wildman–Crippen MR) is 154 cm³/mol. The summed E-state index contributed by atoms with van der Waals surface area (Å²) in [6.45, 7) is 9.43. The van der Waals surface area contributed by atoms with E-state index in [1.54, 1.807) is 7.05 Å². The fraction of sp³-hybridized carbons (Fsp3) is 0.406. The number of aryl methyl sites for hydroxylation is 4. The van der Waals surface area contributed by atoms with Crippen LogP contribution in [0.2, 0.25) is 0 Å². The van der Waals surface area contributed by atoms with E-state index in [-0.39, 0.29) is 36.0 Å². The molecule has 0 aromatic heterocycles. The van der Waals surface area contributed by atoms with Crippen LogP contribution in [0.4, 0.5) is 11.4 Å². The van der Waals surface area contributed by atoms with Crippen LogP contribution in [0.5, 0.6) is 0 Å². The topological polar surface area (TPSA) is 95.1 Å². The Kier molecular flexibility index (Phi) is 8.37. The van der Waals surface area contributed by atoms with E-state index < -0.39 is 6.04 Å². The van der Waals surface area contributed by atoms with Crippen LogP contribution in [0.1, 0.15) is 74.4 Å². The van der Waals surface area contributed by atoms with E-state index in [0.717, 1.165) is 33.4 Å². The first-order valence-electron chi connectivity index (χ1n) is 14.0. The van der Waals surface area contributed by atoms with Gasteiger partial charge in [-0.1, -0.05) is 52.0 Å². The molecule has 0 bridgehead atoms. The lowest BCUT2D eigenvalue weighted by Crippen LogP contribution is -2.42. The van der Waals surface area contributed by atoms with Crippen molar-refractivity contribution >= 4 is 40.9 Å². The molecule has 0 radical (unpaired) electrons. The monoisotopic (exact) mass is 543 g/mol. The molecule has 2 aromatic carbocycles. The first-order valence-corrected chi connectivity index (χ1v) is 14.0. The molecule has 5 amide bonds. The average molecular weight is 544 g/mol. The number of benzene rings is 2. The Morgan fingerprint density at radius 2 is 1.15 bits per heavy atom. The SMILES string of the molecule is CCc1cc(Cc2cc(CC)c(N3C(=O)CC(N(C)C(C)=O)C3=O)c(CC)c2)cc(CC)c1N1C(=O)C=CC1=O. The number of nitrogens with zero attached hydrogens (tertiary/aromatic N) is 3. The minimum Gasteiger partial charge on any atom is -0.333 e. The zero-order valence-electron chi connectivity index (χ0n) is 24.2. The fourth-order valence-corrected chi connectivity index (χ4v) is 5.75. The number of anilines is 2. The highest BCUT2D eigenvalue weighted by Gasteiger charge is 2.43. The molecule has 0 N–H and O–H groups in total. The Balaban J connectivity index is 1.73. The molecule has 1 saturated heterocycles. The van der Waals surface area contributed by atoms with Crippen molar-refractivity contribution in [2.45, 2.75) is 79.2 Å². The Bertz CT molecular complexity index is 1370. The van der Waals surface area contributed by atoms with Gasteiger partial charge in [-0.3, -0.25) is 24.0 Å². The maximum Gasteiger partial charge on any atom is 0.258 e. The lowest BCUT2D eigenvalue weighted by molar-refractivity contribution is -0.134. The van der Waals surface area contributed by atoms with Crippen LogP contribution >= 0.6 is 0 Å². The maximum atomic E-state index is 13.4. The lowest BCUT2D eigenvalue weighted by atomic mass is 9.92. The summed E-state index contributed by atoms with van der Waals surface area (Å²) in [6.07, 6.45) is 5.82. The van der Waals surface area contributed by atoms with Gasteiger partial charge < -0.3 is 4.90 Å². The summed E-state index contributed by atoms with van der Waals surface area (Å²) >= 11 is 0. The van der Waals surface area contributed by atoms with Crippen LogP contribution in [0.3, 0.4) is 0 Å². The number of hydrogen-bond acceptors (Lipinski definition) is 5. The molecular weight excluding hydrogens is 506 g/mol. The summed E-state index contributed by atoms with van der Waals surface area (Å²) in [5, 5.41) is 0. The smallest absolute Gasteiger partial charge is 0.258 e. The molecule has 8 nitrogen and oxygen atoms in total. The van der Waals surface area contributed by atoms with Crippen molar-refractivity contribution in [3.8, 4) is 0 Å². The van der Waals surface area contributed by atoms with E-state index >= 15 is 0 Å². The third-order valence-corrected chi connectivity index (χ3v) is 7.93. The molecule has 40 heavy (non-hydrogen) atoms. The van der Waals surface area contributed by atoms with Gasteiger partial charge in [-0.05, 0) is 65.5 Å². The van der Waals surface area contributed by atoms with Gasteiger partial charge in [-0.25, -0.2) is 9.80 Å². The minimum atomic E-state index is -0.790. The predicted octanol–water partition coefficient (Wildman–Crippen LogP) is 4.07. The molecule has 0 spiro atoms. The van der Waals surface area contributed by atoms with Crippen molar-refractivity contribution in [2.75, 3.05) is 16.8 Å². The van der Waals surface area contributed by atoms with E-state index in [0.29, 0.717) is 43.5 Å². The van der Waals surface area contributed by atoms with Crippen molar-refractivity contribution in [3.05, 3.63) is 69.8 Å². The van der Waals surface area contributed by atoms with E-state index in [1.165, 1.54) is 33.8 Å². The van der Waals surface area contributed by atoms with Crippen LogP contribution in [0.25, 0.3) is 0 Å². The van der Waals surface area contributed by atoms with Crippen molar-refractivity contribution in [3.63, 3.8) is 0 Å². The van der Waals surface area contributed by atoms with Crippen LogP contribution in [-0.2, 0) is 56.1 Å². The van der Waals surface area contributed by atoms with Gasteiger partial charge >= 0.3 is 0 Å². The van der Waals surface area contributed by atoms with Gasteiger partial charge in [-0.2, -0.15) is 0 Å². The van der Waals surface area contributed by atoms with E-state index in [1.807, 2.05) is 27.7 Å². The summed E-state index contributed by atoms with van der Waals surface area (Å²) < 4.78 is 0. The van der Waals surface area contributed by atoms with Crippen molar-refractivity contribution in [1.82, 2.24) is 4.90 Å². The van der Waals surface area contributed by atoms with Crippen LogP contribution < -0.4 is 9.80 Å². The van der Waals surface area contributed by atoms with Gasteiger partial charge in [0.2, 0.25) is 11.8 Å². The Labute approximate surface area is 235 Å². The molecule has 2 heterocycles. The molecule has 2 aromatic rings. The van der Waals surface area contributed by atoms with Gasteiger partial charge in [0.1, 0.15) is 6.04 Å². The standard InChI is InChI=1S/C32H37N3O5/c1-7-22-14-20(15-23(8-2)30(22)34-27(37)11-12-28(34)38)13-21-16-24(9-3)31(25(10-4)17-21)35-29(39)18-26(32(35)40)33(6)19(5)36/h11-12,14-17,26H,7-10,13,18H2,1-6H3. The second kappa shape index (κ2) is 11.6. The molecule has 0 saturated carbocycles. The van der Waals surface area contributed by atoms with Crippen LogP contribution in [0, 0.1) is 0 Å². The highest BCUT2D eigenvalue weighted by molar-refractivity contribution is 6.28. The molecule has 1 atom stereocenters. The molecule has 2 aliphatic heterocycles. The largest absolute Gasteiger partial charge is 0.333 e. The second-order valence-electron chi connectivity index (χ2n) is 10.4. The summed E-state index contributed by atoms with van der Waals surface area (Å²) in [7, 11) is 1.55. The molecule has 2 aliphatic rings. The Morgan fingerprint density at radius 1 is 0.750 bits per heavy atom. The fourth-order valence-electron chi connectivity index (χ4n) is 5.75. The third kappa shape index (κ3) is 5.10. The molecular formula is C32H37N3O5. The number of likely N-dealkylation sites (N-methyl/N-ethyl adjacent to an activating group) is 1. The summed E-state index contributed by atoms with van der Waals surface area (Å²) in [6, 6.07) is 7.45. The highest BCUT2D eigenvalue weighted by Crippen LogP contribution is 2.36. The first kappa shape index (κ1) is 28.9. The number of hydrogen-bond donors (Lipinski definition) is 0. The van der Waals surface area contributed by atoms with E-state index in [9.17, 15) is 24.0 Å². The highest BCUT2D eigenvalue weighted by atomic mass is 16.2. The quantitative estimate of drug-likeness (QED) is 0.445. The minimum absolute atomic E-state index is 0.0214. The van der Waals surface area contributed by atoms with Crippen LogP contribution in [-0.4, -0.2) is 47.5 Å². The van der Waals surface area contributed by atoms with Gasteiger partial charge in [0, 0.05) is 26.1 Å². The second-order valence-corrected chi connectivity index (χ2v) is 10.4. The zero-order chi connectivity index (χ0) is 29.3. The number of imide groups is 2. The number of carbonyl (C=O) groups excluding carboxylic acids is 5. The number of carbonyl (C=O) groups is 5. The molecule has 4 rings (SSSR count). The van der Waals surface area contributed by atoms with E-state index in [2.05, 4.69) is 24.3 Å². The van der Waals surface area contributed by atoms with Crippen molar-refractivity contribution in [2.24, 2.45) is 0 Å². The molecule has 8 heteroatoms. The number of amides is 5. The first-order chi connectivity index (χ1) is 19.1. The van der Waals surface area contributed by atoms with Crippen molar-refractivity contribution < 1.29 is 24.0 Å². The molecule has 1 fully saturated rings. The molecule has 1 unspecified atom stereocenters. The lowest BCUT2D eigenvalue weighted by Gasteiger charge is -2.25. The van der Waals surface area contributed by atoms with Gasteiger partial charge in [0.05, 0.1) is 17.8 Å². The third-order valence-electron chi connectivity index (χ3n) is 7.93. The summed E-state index contributed by atoms with van der Waals surface area (Å²) in [4.78, 5) is 67.2. The van der Waals surface area contributed by atoms with Crippen molar-refractivity contribution in [1.29, 1.82) is 0 Å². The van der Waals surface area contributed by atoms with Gasteiger partial charge in [0.15, 0.2) is 0 Å². The summed E-state index contributed by atoms with van der Waals surface area (Å²) in [5.41, 5.74) is 7.14. The van der Waals surface area contributed by atoms with E-state index in [4.69, 9.17) is 0 Å². The van der Waals surface area contributed by atoms with Crippen LogP contribution in [0.15, 0.2) is 36.4 Å².